The Morgan fingerprint density at radius 2 is 1.61 bits per heavy atom. The van der Waals surface area contributed by atoms with Gasteiger partial charge in [0, 0.05) is 18.6 Å². The van der Waals surface area contributed by atoms with E-state index in [-0.39, 0.29) is 29.4 Å². The molecule has 2 rings (SSSR count). The van der Waals surface area contributed by atoms with E-state index in [9.17, 15) is 0 Å². The van der Waals surface area contributed by atoms with Crippen LogP contribution in [0.15, 0.2) is 12.1 Å². The van der Waals surface area contributed by atoms with E-state index in [0.29, 0.717) is 0 Å². The maximum absolute atomic E-state index is 2.48. The number of fused-ring (bicyclic) bond motifs is 1. The fourth-order valence-electron chi connectivity index (χ4n) is 2.99. The smallest absolute Gasteiger partial charge is 0.209 e. The van der Waals surface area contributed by atoms with Crippen LogP contribution in [0.3, 0.4) is 0 Å². The van der Waals surface area contributed by atoms with E-state index in [0.717, 1.165) is 6.54 Å². The Morgan fingerprint density at radius 1 is 1.06 bits per heavy atom. The molecule has 0 spiro atoms. The molecule has 18 heavy (non-hydrogen) atoms. The van der Waals surface area contributed by atoms with Crippen molar-refractivity contribution >= 4 is 11.4 Å². The average molecular weight is 357 g/mol. The van der Waals surface area contributed by atoms with Gasteiger partial charge in [0.1, 0.15) is 6.54 Å². The second-order valence-corrected chi connectivity index (χ2v) is 5.47. The minimum absolute atomic E-state index is 0. The maximum Gasteiger partial charge on any atom is 0.209 e. The van der Waals surface area contributed by atoms with Crippen LogP contribution in [0.4, 0.5) is 5.69 Å². The lowest BCUT2D eigenvalue weighted by atomic mass is 9.77. The lowest BCUT2D eigenvalue weighted by molar-refractivity contribution is -0.434. The van der Waals surface area contributed by atoms with Gasteiger partial charge in [-0.1, -0.05) is 6.92 Å². The molecule has 1 aromatic rings. The summed E-state index contributed by atoms with van der Waals surface area (Å²) in [5, 5.41) is 0. The summed E-state index contributed by atoms with van der Waals surface area (Å²) >= 11 is 0. The van der Waals surface area contributed by atoms with Crippen LogP contribution in [0.5, 0.6) is 0 Å². The third kappa shape index (κ3) is 2.02. The number of aryl methyl sites for hydroxylation is 2. The molecular formula is C16H24IN. The van der Waals surface area contributed by atoms with Gasteiger partial charge in [-0.25, -0.2) is 0 Å². The third-order valence-corrected chi connectivity index (χ3v) is 4.72. The Labute approximate surface area is 128 Å². The first-order valence-corrected chi connectivity index (χ1v) is 6.69. The summed E-state index contributed by atoms with van der Waals surface area (Å²) < 4.78 is 2.48. The van der Waals surface area contributed by atoms with Crippen molar-refractivity contribution in [3.05, 3.63) is 28.8 Å². The van der Waals surface area contributed by atoms with Crippen molar-refractivity contribution in [1.82, 2.24) is 0 Å². The summed E-state index contributed by atoms with van der Waals surface area (Å²) in [4.78, 5) is 0. The maximum atomic E-state index is 2.48. The van der Waals surface area contributed by atoms with Crippen molar-refractivity contribution < 1.29 is 28.6 Å². The van der Waals surface area contributed by atoms with Gasteiger partial charge in [0.25, 0.3) is 0 Å². The Bertz CT molecular complexity index is 502. The Morgan fingerprint density at radius 3 is 2.11 bits per heavy atom. The molecule has 0 aromatic heterocycles. The molecule has 2 heteroatoms. The number of hydrogen-bond acceptors (Lipinski definition) is 0. The third-order valence-electron chi connectivity index (χ3n) is 4.72. The average Bonchev–Trinajstić information content (AvgIpc) is 2.51. The highest BCUT2D eigenvalue weighted by molar-refractivity contribution is 5.93. The van der Waals surface area contributed by atoms with E-state index in [1.807, 2.05) is 0 Å². The zero-order chi connectivity index (χ0) is 12.8. The van der Waals surface area contributed by atoms with E-state index >= 15 is 0 Å². The molecule has 0 amide bonds. The molecule has 0 fully saturated rings. The molecule has 1 aliphatic rings. The first-order valence-electron chi connectivity index (χ1n) is 6.69. The van der Waals surface area contributed by atoms with Crippen LogP contribution >= 0.6 is 0 Å². The molecule has 0 aliphatic carbocycles. The van der Waals surface area contributed by atoms with Crippen LogP contribution in [0.2, 0.25) is 0 Å². The monoisotopic (exact) mass is 357 g/mol. The Balaban J connectivity index is 0.00000162. The number of hydrogen-bond donors (Lipinski definition) is 0. The first-order chi connectivity index (χ1) is 7.95. The van der Waals surface area contributed by atoms with Crippen LogP contribution in [0, 0.1) is 13.8 Å². The molecule has 0 bridgehead atoms. The van der Waals surface area contributed by atoms with E-state index in [2.05, 4.69) is 58.3 Å². The van der Waals surface area contributed by atoms with Crippen molar-refractivity contribution in [2.75, 3.05) is 6.54 Å². The number of benzene rings is 1. The fraction of sp³-hybridized carbons (Fsp3) is 0.562. The number of nitrogens with zero attached hydrogens (tertiary/aromatic N) is 1. The van der Waals surface area contributed by atoms with E-state index in [1.54, 1.807) is 0 Å². The van der Waals surface area contributed by atoms with Gasteiger partial charge in [0.2, 0.25) is 5.69 Å². The van der Waals surface area contributed by atoms with E-state index in [1.165, 1.54) is 34.5 Å². The normalized spacial score (nSPS) is 21.9. The highest BCUT2D eigenvalue weighted by Gasteiger charge is 2.44. The SMILES string of the molecule is CC[N+]1=C(C)C(C)(CC)c2cc(C)c(C)cc21.[I-]. The predicted molar refractivity (Wildman–Crippen MR) is 74.7 cm³/mol. The highest BCUT2D eigenvalue weighted by Crippen LogP contribution is 2.42. The van der Waals surface area contributed by atoms with Gasteiger partial charge in [-0.05, 0) is 51.3 Å². The van der Waals surface area contributed by atoms with Gasteiger partial charge in [-0.3, -0.25) is 0 Å². The summed E-state index contributed by atoms with van der Waals surface area (Å²) in [7, 11) is 0. The molecule has 1 heterocycles. The predicted octanol–water partition coefficient (Wildman–Crippen LogP) is 1.11. The summed E-state index contributed by atoms with van der Waals surface area (Å²) in [6.45, 7) is 14.7. The van der Waals surface area contributed by atoms with Crippen LogP contribution in [-0.4, -0.2) is 16.8 Å². The minimum Gasteiger partial charge on any atom is -1.00 e. The second kappa shape index (κ2) is 5.32. The Kier molecular flexibility index (Phi) is 4.63. The van der Waals surface area contributed by atoms with Gasteiger partial charge in [-0.2, -0.15) is 4.58 Å². The largest absolute Gasteiger partial charge is 1.00 e. The van der Waals surface area contributed by atoms with E-state index in [4.69, 9.17) is 0 Å². The summed E-state index contributed by atoms with van der Waals surface area (Å²) in [5.41, 5.74) is 7.48. The second-order valence-electron chi connectivity index (χ2n) is 5.47. The molecule has 1 unspecified atom stereocenters. The molecule has 0 radical (unpaired) electrons. The molecule has 0 N–H and O–H groups in total. The van der Waals surface area contributed by atoms with Gasteiger partial charge in [0.15, 0.2) is 5.71 Å². The molecule has 0 saturated carbocycles. The number of halogens is 1. The molecule has 1 aromatic carbocycles. The molecule has 1 aliphatic heterocycles. The molecule has 0 saturated heterocycles. The fourth-order valence-corrected chi connectivity index (χ4v) is 2.99. The zero-order valence-corrected chi connectivity index (χ0v) is 14.6. The van der Waals surface area contributed by atoms with Crippen LogP contribution in [0.1, 0.15) is 50.8 Å². The van der Waals surface area contributed by atoms with Crippen molar-refractivity contribution in [2.45, 2.75) is 53.4 Å². The summed E-state index contributed by atoms with van der Waals surface area (Å²) in [6, 6.07) is 4.76. The highest BCUT2D eigenvalue weighted by atomic mass is 127. The topological polar surface area (TPSA) is 3.01 Å². The quantitative estimate of drug-likeness (QED) is 0.551. The van der Waals surface area contributed by atoms with Crippen molar-refractivity contribution in [3.8, 4) is 0 Å². The molecular weight excluding hydrogens is 333 g/mol. The van der Waals surface area contributed by atoms with Crippen LogP contribution in [0.25, 0.3) is 0 Å². The first kappa shape index (κ1) is 15.7. The summed E-state index contributed by atoms with van der Waals surface area (Å²) in [6.07, 6.45) is 1.17. The summed E-state index contributed by atoms with van der Waals surface area (Å²) in [5.74, 6) is 0. The lowest BCUT2D eigenvalue weighted by Gasteiger charge is -2.20. The van der Waals surface area contributed by atoms with Crippen molar-refractivity contribution in [1.29, 1.82) is 0 Å². The van der Waals surface area contributed by atoms with E-state index < -0.39 is 0 Å². The van der Waals surface area contributed by atoms with Gasteiger partial charge in [-0.15, -0.1) is 0 Å². The Hall–Kier alpha value is -0.380. The standard InChI is InChI=1S/C16H24N.HI/c1-7-16(6)13(5)17(8-2)15-10-12(4)11(3)9-14(15)16;/h9-10H,7-8H2,1-6H3;1H/q+1;/p-1. The van der Waals surface area contributed by atoms with Gasteiger partial charge >= 0.3 is 0 Å². The lowest BCUT2D eigenvalue weighted by Crippen LogP contribution is -3.00. The molecule has 1 atom stereocenters. The van der Waals surface area contributed by atoms with Crippen LogP contribution in [-0.2, 0) is 5.41 Å². The number of rotatable bonds is 2. The van der Waals surface area contributed by atoms with Crippen molar-refractivity contribution in [2.24, 2.45) is 0 Å². The molecule has 1 nitrogen and oxygen atoms in total. The van der Waals surface area contributed by atoms with Gasteiger partial charge in [0.05, 0.1) is 5.41 Å². The van der Waals surface area contributed by atoms with Gasteiger partial charge < -0.3 is 24.0 Å². The van der Waals surface area contributed by atoms with Crippen LogP contribution < -0.4 is 24.0 Å². The zero-order valence-electron chi connectivity index (χ0n) is 12.4. The van der Waals surface area contributed by atoms with Crippen molar-refractivity contribution in [3.63, 3.8) is 0 Å². The minimum atomic E-state index is 0. The molecule has 100 valence electrons.